The van der Waals surface area contributed by atoms with E-state index >= 15 is 0 Å². The molecule has 1 aromatic rings. The number of nitrogens with zero attached hydrogens (tertiary/aromatic N) is 1. The van der Waals surface area contributed by atoms with Crippen molar-refractivity contribution in [3.05, 3.63) is 35.9 Å². The highest BCUT2D eigenvalue weighted by atomic mass is 16.7. The van der Waals surface area contributed by atoms with Crippen molar-refractivity contribution in [3.8, 4) is 0 Å². The van der Waals surface area contributed by atoms with Crippen LogP contribution < -0.4 is 11.2 Å². The van der Waals surface area contributed by atoms with Crippen LogP contribution in [0.1, 0.15) is 5.56 Å². The van der Waals surface area contributed by atoms with E-state index < -0.39 is 12.3 Å². The molecule has 6 heteroatoms. The molecule has 0 fully saturated rings. The SMILES string of the molecule is COC(OC)C(=NNC(N)=O)c1ccccc1. The van der Waals surface area contributed by atoms with E-state index in [1.807, 2.05) is 30.3 Å². The fraction of sp³-hybridized carbons (Fsp3) is 0.273. The van der Waals surface area contributed by atoms with Crippen molar-refractivity contribution in [1.82, 2.24) is 5.43 Å². The second kappa shape index (κ2) is 6.62. The first-order chi connectivity index (χ1) is 8.19. The molecule has 0 aliphatic carbocycles. The zero-order chi connectivity index (χ0) is 12.7. The Balaban J connectivity index is 3.02. The minimum atomic E-state index is -0.746. The molecule has 0 aliphatic rings. The number of rotatable bonds is 5. The lowest BCUT2D eigenvalue weighted by molar-refractivity contribution is -0.0517. The van der Waals surface area contributed by atoms with Gasteiger partial charge in [-0.05, 0) is 0 Å². The predicted molar refractivity (Wildman–Crippen MR) is 63.5 cm³/mol. The van der Waals surface area contributed by atoms with Crippen molar-refractivity contribution in [2.45, 2.75) is 6.29 Å². The summed E-state index contributed by atoms with van der Waals surface area (Å²) in [4.78, 5) is 10.7. The standard InChI is InChI=1S/C11H15N3O3/c1-16-10(17-2)9(13-14-11(12)15)8-6-4-3-5-7-8/h3-7,10H,1-2H3,(H3,12,14,15). The zero-order valence-electron chi connectivity index (χ0n) is 9.71. The van der Waals surface area contributed by atoms with Crippen molar-refractivity contribution in [3.63, 3.8) is 0 Å². The Bertz CT molecular complexity index is 388. The minimum absolute atomic E-state index is 0.439. The predicted octanol–water partition coefficient (Wildman–Crippen LogP) is 0.678. The number of carbonyl (C=O) groups excluding carboxylic acids is 1. The van der Waals surface area contributed by atoms with Crippen molar-refractivity contribution < 1.29 is 14.3 Å². The molecule has 0 bridgehead atoms. The van der Waals surface area contributed by atoms with Gasteiger partial charge in [0, 0.05) is 19.8 Å². The van der Waals surface area contributed by atoms with E-state index in [9.17, 15) is 4.79 Å². The molecule has 0 spiro atoms. The molecule has 3 N–H and O–H groups in total. The summed E-state index contributed by atoms with van der Waals surface area (Å²) in [7, 11) is 2.97. The molecule has 92 valence electrons. The quantitative estimate of drug-likeness (QED) is 0.448. The summed E-state index contributed by atoms with van der Waals surface area (Å²) in [5.41, 5.74) is 8.34. The van der Waals surface area contributed by atoms with Crippen LogP contribution in [0.4, 0.5) is 4.79 Å². The number of hydrogen-bond acceptors (Lipinski definition) is 4. The summed E-state index contributed by atoms with van der Waals surface area (Å²) >= 11 is 0. The highest BCUT2D eigenvalue weighted by Crippen LogP contribution is 2.07. The highest BCUT2D eigenvalue weighted by Gasteiger charge is 2.16. The van der Waals surface area contributed by atoms with Gasteiger partial charge >= 0.3 is 6.03 Å². The Morgan fingerprint density at radius 2 is 1.88 bits per heavy atom. The number of ether oxygens (including phenoxy) is 2. The number of primary amides is 1. The molecule has 0 unspecified atom stereocenters. The summed E-state index contributed by atoms with van der Waals surface area (Å²) in [5, 5.41) is 3.88. The van der Waals surface area contributed by atoms with E-state index in [-0.39, 0.29) is 0 Å². The third kappa shape index (κ3) is 3.86. The van der Waals surface area contributed by atoms with Gasteiger partial charge in [-0.15, -0.1) is 0 Å². The summed E-state index contributed by atoms with van der Waals surface area (Å²) in [6.07, 6.45) is -0.677. The lowest BCUT2D eigenvalue weighted by Gasteiger charge is -2.16. The Morgan fingerprint density at radius 3 is 2.35 bits per heavy atom. The summed E-state index contributed by atoms with van der Waals surface area (Å²) in [6, 6.07) is 8.47. The number of nitrogens with two attached hydrogens (primary N) is 1. The first kappa shape index (κ1) is 13.1. The van der Waals surface area contributed by atoms with Gasteiger partial charge in [-0.3, -0.25) is 0 Å². The average molecular weight is 237 g/mol. The maximum atomic E-state index is 10.7. The van der Waals surface area contributed by atoms with Crippen molar-refractivity contribution in [2.24, 2.45) is 10.8 Å². The maximum Gasteiger partial charge on any atom is 0.332 e. The largest absolute Gasteiger partial charge is 0.350 e. The Morgan fingerprint density at radius 1 is 1.29 bits per heavy atom. The van der Waals surface area contributed by atoms with Gasteiger partial charge in [-0.2, -0.15) is 5.10 Å². The molecule has 0 heterocycles. The second-order valence-corrected chi connectivity index (χ2v) is 3.14. The van der Waals surface area contributed by atoms with E-state index in [1.54, 1.807) is 0 Å². The van der Waals surface area contributed by atoms with Crippen LogP contribution in [0.25, 0.3) is 0 Å². The highest BCUT2D eigenvalue weighted by molar-refractivity contribution is 6.03. The molecule has 2 amide bonds. The van der Waals surface area contributed by atoms with Crippen LogP contribution in [-0.2, 0) is 9.47 Å². The van der Waals surface area contributed by atoms with Crippen LogP contribution in [0.3, 0.4) is 0 Å². The molecule has 0 aromatic heterocycles. The van der Waals surface area contributed by atoms with Crippen LogP contribution in [0.15, 0.2) is 35.4 Å². The number of methoxy groups -OCH3 is 2. The number of hydrazone groups is 1. The number of amides is 2. The van der Waals surface area contributed by atoms with Gasteiger partial charge in [-0.1, -0.05) is 30.3 Å². The smallest absolute Gasteiger partial charge is 0.332 e. The van der Waals surface area contributed by atoms with Crippen LogP contribution in [-0.4, -0.2) is 32.3 Å². The molecule has 0 aliphatic heterocycles. The lowest BCUT2D eigenvalue weighted by atomic mass is 10.1. The second-order valence-electron chi connectivity index (χ2n) is 3.14. The van der Waals surface area contributed by atoms with Gasteiger partial charge in [0.15, 0.2) is 0 Å². The third-order valence-corrected chi connectivity index (χ3v) is 2.01. The molecule has 1 aromatic carbocycles. The lowest BCUT2D eigenvalue weighted by Crippen LogP contribution is -2.32. The van der Waals surface area contributed by atoms with Crippen LogP contribution in [0, 0.1) is 0 Å². The Hall–Kier alpha value is -1.92. The summed E-state index contributed by atoms with van der Waals surface area (Å²) in [6.45, 7) is 0. The molecular weight excluding hydrogens is 222 g/mol. The van der Waals surface area contributed by atoms with E-state index in [1.165, 1.54) is 14.2 Å². The molecule has 0 saturated carbocycles. The first-order valence-corrected chi connectivity index (χ1v) is 4.93. The third-order valence-electron chi connectivity index (χ3n) is 2.01. The van der Waals surface area contributed by atoms with Gasteiger partial charge in [0.2, 0.25) is 6.29 Å². The summed E-state index contributed by atoms with van der Waals surface area (Å²) in [5.74, 6) is 0. The first-order valence-electron chi connectivity index (χ1n) is 4.93. The van der Waals surface area contributed by atoms with Crippen molar-refractivity contribution in [2.75, 3.05) is 14.2 Å². The van der Waals surface area contributed by atoms with Gasteiger partial charge in [0.05, 0.1) is 0 Å². The molecule has 17 heavy (non-hydrogen) atoms. The van der Waals surface area contributed by atoms with Crippen molar-refractivity contribution >= 4 is 11.7 Å². The van der Waals surface area contributed by atoms with Gasteiger partial charge < -0.3 is 15.2 Å². The molecule has 0 radical (unpaired) electrons. The number of carbonyl (C=O) groups is 1. The molecule has 6 nitrogen and oxygen atoms in total. The number of benzene rings is 1. The maximum absolute atomic E-state index is 10.7. The van der Waals surface area contributed by atoms with E-state index in [0.29, 0.717) is 5.71 Å². The molecule has 0 atom stereocenters. The van der Waals surface area contributed by atoms with Crippen LogP contribution in [0.5, 0.6) is 0 Å². The van der Waals surface area contributed by atoms with Gasteiger partial charge in [-0.25, -0.2) is 10.2 Å². The molecule has 0 saturated heterocycles. The minimum Gasteiger partial charge on any atom is -0.350 e. The zero-order valence-corrected chi connectivity index (χ0v) is 9.71. The molecular formula is C11H15N3O3. The van der Waals surface area contributed by atoms with Crippen LogP contribution >= 0.6 is 0 Å². The van der Waals surface area contributed by atoms with Gasteiger partial charge in [0.25, 0.3) is 0 Å². The fourth-order valence-electron chi connectivity index (χ4n) is 1.30. The normalized spacial score (nSPS) is 11.6. The van der Waals surface area contributed by atoms with Crippen LogP contribution in [0.2, 0.25) is 0 Å². The fourth-order valence-corrected chi connectivity index (χ4v) is 1.30. The van der Waals surface area contributed by atoms with E-state index in [0.717, 1.165) is 5.56 Å². The Labute approximate surface area is 99.4 Å². The topological polar surface area (TPSA) is 85.9 Å². The number of hydrogen-bond donors (Lipinski definition) is 2. The van der Waals surface area contributed by atoms with E-state index in [4.69, 9.17) is 15.2 Å². The number of nitrogens with one attached hydrogen (secondary N) is 1. The molecule has 1 rings (SSSR count). The summed E-state index contributed by atoms with van der Waals surface area (Å²) < 4.78 is 10.2. The number of urea groups is 1. The average Bonchev–Trinajstić information content (AvgIpc) is 2.35. The van der Waals surface area contributed by atoms with Gasteiger partial charge in [0.1, 0.15) is 5.71 Å². The van der Waals surface area contributed by atoms with E-state index in [2.05, 4.69) is 10.5 Å². The Kier molecular flexibility index (Phi) is 5.12. The monoisotopic (exact) mass is 237 g/mol. The van der Waals surface area contributed by atoms with Crippen molar-refractivity contribution in [1.29, 1.82) is 0 Å².